The number of fused-ring (bicyclic) bond motifs is 1. The number of methoxy groups -OCH3 is 2. The smallest absolute Gasteiger partial charge is 0.230 e. The molecule has 144 valence electrons. The minimum atomic E-state index is -0.120. The zero-order valence-corrected chi connectivity index (χ0v) is 17.1. The molecule has 1 aliphatic heterocycles. The number of hydrogen-bond acceptors (Lipinski definition) is 5. The SMILES string of the molecule is COc1ccc(OC)c(-c2cc(Cl)c3c(c2)C[C@H](CNC(=O)CSC)O3)c1. The summed E-state index contributed by atoms with van der Waals surface area (Å²) in [6.07, 6.45) is 2.47. The molecule has 0 radical (unpaired) electrons. The van der Waals surface area contributed by atoms with Gasteiger partial charge in [-0.3, -0.25) is 4.79 Å². The molecule has 0 saturated heterocycles. The molecule has 1 heterocycles. The highest BCUT2D eigenvalue weighted by molar-refractivity contribution is 7.99. The summed E-state index contributed by atoms with van der Waals surface area (Å²) in [7, 11) is 3.27. The van der Waals surface area contributed by atoms with E-state index in [2.05, 4.69) is 11.4 Å². The van der Waals surface area contributed by atoms with E-state index < -0.39 is 0 Å². The molecule has 0 spiro atoms. The minimum Gasteiger partial charge on any atom is -0.497 e. The van der Waals surface area contributed by atoms with Crippen LogP contribution in [-0.2, 0) is 11.2 Å². The standard InChI is InChI=1S/C20H22ClNO4S/c1-24-14-4-5-18(25-2)16(9-14)12-6-13-7-15(10-22-19(23)11-27-3)26-20(13)17(21)8-12/h4-6,8-9,15H,7,10-11H2,1-3H3,(H,22,23)/t15-/m1/s1. The quantitative estimate of drug-likeness (QED) is 0.756. The molecule has 5 nitrogen and oxygen atoms in total. The van der Waals surface area contributed by atoms with Gasteiger partial charge in [-0.2, -0.15) is 11.8 Å². The number of carbonyl (C=O) groups is 1. The first-order valence-electron chi connectivity index (χ1n) is 8.52. The van der Waals surface area contributed by atoms with Crippen LogP contribution in [0.3, 0.4) is 0 Å². The third kappa shape index (κ3) is 4.45. The number of amides is 1. The summed E-state index contributed by atoms with van der Waals surface area (Å²) < 4.78 is 16.8. The molecular formula is C20H22ClNO4S. The van der Waals surface area contributed by atoms with E-state index in [1.807, 2.05) is 30.5 Å². The Bertz CT molecular complexity index is 843. The van der Waals surface area contributed by atoms with E-state index in [0.717, 1.165) is 28.2 Å². The molecule has 1 aliphatic rings. The molecule has 0 bridgehead atoms. The molecule has 7 heteroatoms. The van der Waals surface area contributed by atoms with Crippen molar-refractivity contribution in [3.8, 4) is 28.4 Å². The molecule has 27 heavy (non-hydrogen) atoms. The number of halogens is 1. The van der Waals surface area contributed by atoms with Gasteiger partial charge < -0.3 is 19.5 Å². The number of hydrogen-bond donors (Lipinski definition) is 1. The van der Waals surface area contributed by atoms with Crippen LogP contribution in [0.25, 0.3) is 11.1 Å². The van der Waals surface area contributed by atoms with Crippen LogP contribution in [0.15, 0.2) is 30.3 Å². The van der Waals surface area contributed by atoms with Crippen molar-refractivity contribution in [1.82, 2.24) is 5.32 Å². The molecule has 1 amide bonds. The van der Waals surface area contributed by atoms with Gasteiger partial charge in [0.1, 0.15) is 23.4 Å². The van der Waals surface area contributed by atoms with Gasteiger partial charge in [0, 0.05) is 17.5 Å². The van der Waals surface area contributed by atoms with Crippen LogP contribution in [-0.4, -0.2) is 44.8 Å². The summed E-state index contributed by atoms with van der Waals surface area (Å²) in [4.78, 5) is 11.7. The maximum Gasteiger partial charge on any atom is 0.230 e. The second-order valence-electron chi connectivity index (χ2n) is 6.19. The largest absolute Gasteiger partial charge is 0.497 e. The summed E-state index contributed by atoms with van der Waals surface area (Å²) in [5, 5.41) is 3.44. The predicted octanol–water partition coefficient (Wildman–Crippen LogP) is 3.81. The number of nitrogens with one attached hydrogen (secondary N) is 1. The number of thioether (sulfide) groups is 1. The lowest BCUT2D eigenvalue weighted by atomic mass is 9.99. The highest BCUT2D eigenvalue weighted by Crippen LogP contribution is 2.42. The van der Waals surface area contributed by atoms with Crippen LogP contribution in [0.5, 0.6) is 17.2 Å². The van der Waals surface area contributed by atoms with Gasteiger partial charge in [-0.1, -0.05) is 11.6 Å². The molecule has 2 aromatic rings. The molecule has 0 unspecified atom stereocenters. The van der Waals surface area contributed by atoms with E-state index in [-0.39, 0.29) is 12.0 Å². The zero-order valence-electron chi connectivity index (χ0n) is 15.5. The molecule has 0 aliphatic carbocycles. The van der Waals surface area contributed by atoms with Crippen LogP contribution < -0.4 is 19.5 Å². The summed E-state index contributed by atoms with van der Waals surface area (Å²) in [5.74, 6) is 2.63. The monoisotopic (exact) mass is 407 g/mol. The van der Waals surface area contributed by atoms with E-state index in [1.54, 1.807) is 14.2 Å². The Morgan fingerprint density at radius 3 is 2.81 bits per heavy atom. The van der Waals surface area contributed by atoms with Crippen LogP contribution in [0.2, 0.25) is 5.02 Å². The van der Waals surface area contributed by atoms with Crippen LogP contribution in [0.4, 0.5) is 0 Å². The van der Waals surface area contributed by atoms with Gasteiger partial charge in [0.05, 0.1) is 31.5 Å². The fourth-order valence-corrected chi connectivity index (χ4v) is 3.75. The molecule has 3 rings (SSSR count). The second-order valence-corrected chi connectivity index (χ2v) is 7.47. The van der Waals surface area contributed by atoms with Crippen LogP contribution in [0.1, 0.15) is 5.56 Å². The molecule has 0 fully saturated rings. The molecule has 0 aromatic heterocycles. The molecule has 1 N–H and O–H groups in total. The number of ether oxygens (including phenoxy) is 3. The predicted molar refractivity (Wildman–Crippen MR) is 110 cm³/mol. The van der Waals surface area contributed by atoms with Crippen molar-refractivity contribution in [2.45, 2.75) is 12.5 Å². The van der Waals surface area contributed by atoms with Crippen molar-refractivity contribution in [2.24, 2.45) is 0 Å². The third-order valence-corrected chi connectivity index (χ3v) is 5.20. The van der Waals surface area contributed by atoms with Gasteiger partial charge in [-0.15, -0.1) is 0 Å². The van der Waals surface area contributed by atoms with Crippen molar-refractivity contribution in [3.05, 3.63) is 40.9 Å². The Balaban J connectivity index is 1.83. The Hall–Kier alpha value is -2.05. The second kappa shape index (κ2) is 8.76. The fraction of sp³-hybridized carbons (Fsp3) is 0.350. The Morgan fingerprint density at radius 1 is 1.30 bits per heavy atom. The van der Waals surface area contributed by atoms with Crippen molar-refractivity contribution >= 4 is 29.3 Å². The first-order valence-corrected chi connectivity index (χ1v) is 10.3. The van der Waals surface area contributed by atoms with E-state index in [0.29, 0.717) is 29.5 Å². The first-order chi connectivity index (χ1) is 13.0. The third-order valence-electron chi connectivity index (χ3n) is 4.37. The van der Waals surface area contributed by atoms with E-state index in [1.165, 1.54) is 11.8 Å². The Morgan fingerprint density at radius 2 is 2.11 bits per heavy atom. The molecular weight excluding hydrogens is 386 g/mol. The van der Waals surface area contributed by atoms with E-state index >= 15 is 0 Å². The van der Waals surface area contributed by atoms with Gasteiger partial charge >= 0.3 is 0 Å². The first kappa shape index (κ1) is 19.7. The summed E-state index contributed by atoms with van der Waals surface area (Å²) >= 11 is 7.98. The van der Waals surface area contributed by atoms with Gasteiger partial charge in [0.2, 0.25) is 5.91 Å². The van der Waals surface area contributed by atoms with Gasteiger partial charge in [-0.25, -0.2) is 0 Å². The van der Waals surface area contributed by atoms with Crippen molar-refractivity contribution in [1.29, 1.82) is 0 Å². The van der Waals surface area contributed by atoms with E-state index in [9.17, 15) is 4.79 Å². The summed E-state index contributed by atoms with van der Waals surface area (Å²) in [6.45, 7) is 0.461. The average molecular weight is 408 g/mol. The molecule has 2 aromatic carbocycles. The van der Waals surface area contributed by atoms with E-state index in [4.69, 9.17) is 25.8 Å². The lowest BCUT2D eigenvalue weighted by molar-refractivity contribution is -0.118. The van der Waals surface area contributed by atoms with Crippen LogP contribution in [0, 0.1) is 0 Å². The Kier molecular flexibility index (Phi) is 6.39. The maximum atomic E-state index is 11.7. The topological polar surface area (TPSA) is 56.8 Å². The lowest BCUT2D eigenvalue weighted by Gasteiger charge is -2.13. The highest BCUT2D eigenvalue weighted by atomic mass is 35.5. The van der Waals surface area contributed by atoms with Crippen molar-refractivity contribution in [3.63, 3.8) is 0 Å². The summed E-state index contributed by atoms with van der Waals surface area (Å²) in [5.41, 5.74) is 2.86. The fourth-order valence-electron chi connectivity index (χ4n) is 3.11. The average Bonchev–Trinajstić information content (AvgIpc) is 3.09. The Labute approximate surface area is 168 Å². The van der Waals surface area contributed by atoms with Crippen molar-refractivity contribution < 1.29 is 19.0 Å². The number of carbonyl (C=O) groups excluding carboxylic acids is 1. The summed E-state index contributed by atoms with van der Waals surface area (Å²) in [6, 6.07) is 9.57. The van der Waals surface area contributed by atoms with Crippen LogP contribution >= 0.6 is 23.4 Å². The van der Waals surface area contributed by atoms with Gasteiger partial charge in [0.15, 0.2) is 0 Å². The van der Waals surface area contributed by atoms with Crippen molar-refractivity contribution in [2.75, 3.05) is 32.8 Å². The highest BCUT2D eigenvalue weighted by Gasteiger charge is 2.27. The number of rotatable bonds is 7. The minimum absolute atomic E-state index is 0.00922. The lowest BCUT2D eigenvalue weighted by Crippen LogP contribution is -2.35. The molecule has 1 atom stereocenters. The van der Waals surface area contributed by atoms with Gasteiger partial charge in [-0.05, 0) is 42.2 Å². The zero-order chi connectivity index (χ0) is 19.4. The maximum absolute atomic E-state index is 11.7. The number of benzene rings is 2. The molecule has 0 saturated carbocycles. The van der Waals surface area contributed by atoms with Gasteiger partial charge in [0.25, 0.3) is 0 Å². The normalized spacial score (nSPS) is 15.0.